The summed E-state index contributed by atoms with van der Waals surface area (Å²) in [6.45, 7) is 1.97. The van der Waals surface area contributed by atoms with E-state index in [4.69, 9.17) is 5.73 Å². The Hall–Kier alpha value is -1.60. The fraction of sp³-hybridized carbons (Fsp3) is 0.286. The smallest absolute Gasteiger partial charge is 0.323 e. The van der Waals surface area contributed by atoms with Crippen LogP contribution < -0.4 is 5.73 Å². The lowest BCUT2D eigenvalue weighted by molar-refractivity contribution is -0.137. The second kappa shape index (κ2) is 6.44. The van der Waals surface area contributed by atoms with Gasteiger partial charge >= 0.3 is 6.18 Å². The van der Waals surface area contributed by atoms with Gasteiger partial charge in [-0.1, -0.05) is 18.7 Å². The third kappa shape index (κ3) is 4.18. The predicted octanol–water partition coefficient (Wildman–Crippen LogP) is 4.06. The van der Waals surface area contributed by atoms with Crippen LogP contribution in [0.1, 0.15) is 30.6 Å². The van der Waals surface area contributed by atoms with Crippen molar-refractivity contribution in [3.63, 3.8) is 0 Å². The minimum atomic E-state index is -4.37. The molecule has 1 atom stereocenters. The molecule has 1 unspecified atom stereocenters. The molecule has 2 aromatic rings. The Morgan fingerprint density at radius 2 is 1.90 bits per heavy atom. The second-order valence-corrected chi connectivity index (χ2v) is 5.51. The number of nitrogens with zero attached hydrogens (tertiary/aromatic N) is 2. The SMILES string of the molecule is CCC(N)c1ccc(Sc2ccc(C(F)(F)F)cn2)cn1. The summed E-state index contributed by atoms with van der Waals surface area (Å²) >= 11 is 1.25. The molecule has 3 nitrogen and oxygen atoms in total. The molecule has 0 spiro atoms. The second-order valence-electron chi connectivity index (χ2n) is 4.42. The Morgan fingerprint density at radius 1 is 1.14 bits per heavy atom. The minimum Gasteiger partial charge on any atom is -0.323 e. The van der Waals surface area contributed by atoms with Crippen LogP contribution in [0, 0.1) is 0 Å². The number of alkyl halides is 3. The summed E-state index contributed by atoms with van der Waals surface area (Å²) in [4.78, 5) is 8.85. The molecule has 2 aromatic heterocycles. The average molecular weight is 313 g/mol. The van der Waals surface area contributed by atoms with Crippen molar-refractivity contribution in [2.24, 2.45) is 5.73 Å². The Bertz CT molecular complexity index is 582. The first kappa shape index (κ1) is 15.8. The highest BCUT2D eigenvalue weighted by Gasteiger charge is 2.30. The van der Waals surface area contributed by atoms with Gasteiger partial charge in [-0.05, 0) is 30.7 Å². The highest BCUT2D eigenvalue weighted by atomic mass is 32.2. The van der Waals surface area contributed by atoms with Crippen LogP contribution in [0.25, 0.3) is 0 Å². The van der Waals surface area contributed by atoms with Crippen molar-refractivity contribution < 1.29 is 13.2 Å². The van der Waals surface area contributed by atoms with E-state index in [1.54, 1.807) is 6.20 Å². The molecule has 0 saturated carbocycles. The maximum Gasteiger partial charge on any atom is 0.417 e. The van der Waals surface area contributed by atoms with Crippen molar-refractivity contribution in [1.82, 2.24) is 9.97 Å². The van der Waals surface area contributed by atoms with Crippen molar-refractivity contribution >= 4 is 11.8 Å². The summed E-state index contributed by atoms with van der Waals surface area (Å²) < 4.78 is 37.3. The van der Waals surface area contributed by atoms with E-state index in [2.05, 4.69) is 9.97 Å². The minimum absolute atomic E-state index is 0.103. The monoisotopic (exact) mass is 313 g/mol. The van der Waals surface area contributed by atoms with Gasteiger partial charge in [0.15, 0.2) is 0 Å². The van der Waals surface area contributed by atoms with Gasteiger partial charge in [-0.15, -0.1) is 0 Å². The van der Waals surface area contributed by atoms with Crippen LogP contribution in [0.4, 0.5) is 13.2 Å². The molecule has 0 radical (unpaired) electrons. The van der Waals surface area contributed by atoms with E-state index in [0.717, 1.165) is 29.3 Å². The van der Waals surface area contributed by atoms with Crippen molar-refractivity contribution in [2.45, 2.75) is 35.5 Å². The molecule has 112 valence electrons. The Balaban J connectivity index is 2.08. The fourth-order valence-electron chi connectivity index (χ4n) is 1.61. The first-order valence-corrected chi connectivity index (χ1v) is 7.14. The maximum absolute atomic E-state index is 12.4. The molecule has 0 saturated heterocycles. The molecule has 0 amide bonds. The molecule has 2 N–H and O–H groups in total. The number of nitrogens with two attached hydrogens (primary N) is 1. The van der Waals surface area contributed by atoms with Gasteiger partial charge in [0.2, 0.25) is 0 Å². The van der Waals surface area contributed by atoms with Crippen molar-refractivity contribution in [3.05, 3.63) is 47.9 Å². The molecule has 0 aliphatic carbocycles. The molecule has 0 aliphatic rings. The van der Waals surface area contributed by atoms with Gasteiger partial charge in [-0.25, -0.2) is 4.98 Å². The van der Waals surface area contributed by atoms with Crippen LogP contribution in [0.3, 0.4) is 0 Å². The summed E-state index contributed by atoms with van der Waals surface area (Å²) in [6, 6.07) is 5.92. The van der Waals surface area contributed by atoms with Crippen molar-refractivity contribution in [3.8, 4) is 0 Å². The van der Waals surface area contributed by atoms with Crippen LogP contribution >= 0.6 is 11.8 Å². The van der Waals surface area contributed by atoms with Gasteiger partial charge in [0.1, 0.15) is 5.03 Å². The zero-order valence-electron chi connectivity index (χ0n) is 11.3. The molecular formula is C14H14F3N3S. The third-order valence-corrected chi connectivity index (χ3v) is 3.79. The summed E-state index contributed by atoms with van der Waals surface area (Å²) in [7, 11) is 0. The maximum atomic E-state index is 12.4. The Labute approximate surface area is 124 Å². The van der Waals surface area contributed by atoms with Gasteiger partial charge in [0.05, 0.1) is 11.3 Å². The van der Waals surface area contributed by atoms with Crippen molar-refractivity contribution in [1.29, 1.82) is 0 Å². The zero-order chi connectivity index (χ0) is 15.5. The summed E-state index contributed by atoms with van der Waals surface area (Å²) in [5, 5.41) is 0.484. The van der Waals surface area contributed by atoms with E-state index in [0.29, 0.717) is 5.03 Å². The molecule has 0 aromatic carbocycles. The zero-order valence-corrected chi connectivity index (χ0v) is 12.1. The predicted molar refractivity (Wildman–Crippen MR) is 74.8 cm³/mol. The number of hydrogen-bond acceptors (Lipinski definition) is 4. The van der Waals surface area contributed by atoms with E-state index in [1.807, 2.05) is 19.1 Å². The topological polar surface area (TPSA) is 51.8 Å². The van der Waals surface area contributed by atoms with Gasteiger partial charge in [0, 0.05) is 23.3 Å². The highest BCUT2D eigenvalue weighted by Crippen LogP contribution is 2.31. The van der Waals surface area contributed by atoms with Gasteiger partial charge < -0.3 is 5.73 Å². The first-order valence-electron chi connectivity index (χ1n) is 6.32. The van der Waals surface area contributed by atoms with Crippen LogP contribution in [0.2, 0.25) is 0 Å². The van der Waals surface area contributed by atoms with E-state index >= 15 is 0 Å². The number of rotatable bonds is 4. The van der Waals surface area contributed by atoms with E-state index in [9.17, 15) is 13.2 Å². The lowest BCUT2D eigenvalue weighted by atomic mass is 10.1. The molecule has 0 fully saturated rings. The quantitative estimate of drug-likeness (QED) is 0.925. The van der Waals surface area contributed by atoms with E-state index in [1.165, 1.54) is 17.8 Å². The molecule has 21 heavy (non-hydrogen) atoms. The summed E-state index contributed by atoms with van der Waals surface area (Å²) in [6.07, 6.45) is -1.10. The number of halogens is 3. The number of hydrogen-bond donors (Lipinski definition) is 1. The van der Waals surface area contributed by atoms with Crippen LogP contribution in [-0.2, 0) is 6.18 Å². The van der Waals surface area contributed by atoms with Crippen molar-refractivity contribution in [2.75, 3.05) is 0 Å². The molecule has 2 heterocycles. The highest BCUT2D eigenvalue weighted by molar-refractivity contribution is 7.99. The standard InChI is InChI=1S/C14H14F3N3S/c1-2-11(18)12-5-4-10(8-19-12)21-13-6-3-9(7-20-13)14(15,16)17/h3-8,11H,2,18H2,1H3. The molecule has 2 rings (SSSR count). The van der Waals surface area contributed by atoms with Crippen LogP contribution in [0.5, 0.6) is 0 Å². The summed E-state index contributed by atoms with van der Waals surface area (Å²) in [5.74, 6) is 0. The molecular weight excluding hydrogens is 299 g/mol. The van der Waals surface area contributed by atoms with E-state index < -0.39 is 11.7 Å². The van der Waals surface area contributed by atoms with Crippen LogP contribution in [-0.4, -0.2) is 9.97 Å². The molecule has 0 aliphatic heterocycles. The molecule has 0 bridgehead atoms. The lowest BCUT2D eigenvalue weighted by Crippen LogP contribution is -2.10. The number of aromatic nitrogens is 2. The Kier molecular flexibility index (Phi) is 4.84. The average Bonchev–Trinajstić information content (AvgIpc) is 2.47. The molecule has 7 heteroatoms. The first-order chi connectivity index (χ1) is 9.90. The van der Waals surface area contributed by atoms with Gasteiger partial charge in [-0.3, -0.25) is 4.98 Å². The summed E-state index contributed by atoms with van der Waals surface area (Å²) in [5.41, 5.74) is 5.90. The van der Waals surface area contributed by atoms with E-state index in [-0.39, 0.29) is 6.04 Å². The third-order valence-electron chi connectivity index (χ3n) is 2.87. The Morgan fingerprint density at radius 3 is 2.38 bits per heavy atom. The largest absolute Gasteiger partial charge is 0.417 e. The van der Waals surface area contributed by atoms with Crippen LogP contribution in [0.15, 0.2) is 46.6 Å². The number of pyridine rings is 2. The normalized spacial score (nSPS) is 13.2. The van der Waals surface area contributed by atoms with Gasteiger partial charge in [0.25, 0.3) is 0 Å². The van der Waals surface area contributed by atoms with Gasteiger partial charge in [-0.2, -0.15) is 13.2 Å². The lowest BCUT2D eigenvalue weighted by Gasteiger charge is -2.09. The fourth-order valence-corrected chi connectivity index (χ4v) is 2.33.